The maximum atomic E-state index is 14.6. The Kier molecular flexibility index (Phi) is 23.2. The topological polar surface area (TPSA) is 250 Å². The van der Waals surface area contributed by atoms with E-state index in [1.807, 2.05) is 13.8 Å². The van der Waals surface area contributed by atoms with Crippen LogP contribution >= 0.6 is 0 Å². The Morgan fingerprint density at radius 3 is 1.76 bits per heavy atom. The first-order chi connectivity index (χ1) is 33.0. The minimum Gasteiger partial charge on any atom is -0.497 e. The summed E-state index contributed by atoms with van der Waals surface area (Å²) < 4.78 is 11.1. The molecule has 0 spiro atoms. The first-order valence-corrected chi connectivity index (χ1v) is 24.6. The number of cyclic esters (lactones) is 1. The number of benzene rings is 1. The molecule has 0 unspecified atom stereocenters. The minimum atomic E-state index is -1.79. The third kappa shape index (κ3) is 16.0. The highest BCUT2D eigenvalue weighted by Gasteiger charge is 2.45. The summed E-state index contributed by atoms with van der Waals surface area (Å²) >= 11 is 0. The largest absolute Gasteiger partial charge is 0.497 e. The molecule has 0 radical (unpaired) electrons. The van der Waals surface area contributed by atoms with Crippen molar-refractivity contribution in [2.75, 3.05) is 48.4 Å². The highest BCUT2D eigenvalue weighted by Crippen LogP contribution is 2.25. The maximum Gasteiger partial charge on any atom is 0.311 e. The van der Waals surface area contributed by atoms with E-state index in [0.717, 1.165) is 4.90 Å². The molecule has 1 heterocycles. The van der Waals surface area contributed by atoms with E-state index >= 15 is 0 Å². The molecule has 20 nitrogen and oxygen atoms in total. The van der Waals surface area contributed by atoms with Gasteiger partial charge in [0.05, 0.1) is 32.2 Å². The van der Waals surface area contributed by atoms with Gasteiger partial charge in [0, 0.05) is 46.6 Å². The highest BCUT2D eigenvalue weighted by molar-refractivity contribution is 6.09. The summed E-state index contributed by atoms with van der Waals surface area (Å²) in [5.74, 6) is -8.41. The molecule has 1 aliphatic heterocycles. The molecule has 0 bridgehead atoms. The van der Waals surface area contributed by atoms with Crippen LogP contribution in [0.5, 0.6) is 5.75 Å². The second kappa shape index (κ2) is 26.9. The summed E-state index contributed by atoms with van der Waals surface area (Å²) in [7, 11) is 7.09. The molecule has 1 fully saturated rings. The number of likely N-dealkylation sites (N-methyl/N-ethyl adjacent to an activating group) is 4. The summed E-state index contributed by atoms with van der Waals surface area (Å²) in [6.45, 7) is 18.5. The predicted octanol–water partition coefficient (Wildman–Crippen LogP) is 2.10. The van der Waals surface area contributed by atoms with Crippen molar-refractivity contribution in [1.29, 1.82) is 0 Å². The van der Waals surface area contributed by atoms with Crippen molar-refractivity contribution in [2.24, 2.45) is 29.1 Å². The number of amides is 8. The van der Waals surface area contributed by atoms with Crippen LogP contribution in [0, 0.1) is 29.1 Å². The Morgan fingerprint density at radius 2 is 1.25 bits per heavy atom. The van der Waals surface area contributed by atoms with Crippen LogP contribution in [0.15, 0.2) is 24.3 Å². The van der Waals surface area contributed by atoms with Gasteiger partial charge >= 0.3 is 5.97 Å². The summed E-state index contributed by atoms with van der Waals surface area (Å²) in [5, 5.41) is 10.7. The Balaban J connectivity index is 2.72. The molecule has 9 atom stereocenters. The van der Waals surface area contributed by atoms with E-state index in [1.165, 1.54) is 84.6 Å². The summed E-state index contributed by atoms with van der Waals surface area (Å²) in [6, 6.07) is 0.125. The zero-order valence-electron chi connectivity index (χ0n) is 45.1. The number of esters is 1. The summed E-state index contributed by atoms with van der Waals surface area (Å²) in [6.07, 6.45) is -0.495. The van der Waals surface area contributed by atoms with Crippen LogP contribution < -0.4 is 26.0 Å². The quantitative estimate of drug-likeness (QED) is 0.205. The molecule has 71 heavy (non-hydrogen) atoms. The second-order valence-corrected chi connectivity index (χ2v) is 20.2. The molecule has 1 aliphatic rings. The van der Waals surface area contributed by atoms with E-state index in [2.05, 4.69) is 21.3 Å². The molecule has 0 saturated carbocycles. The number of nitrogens with one attached hydrogen (secondary N) is 4. The van der Waals surface area contributed by atoms with Crippen molar-refractivity contribution >= 4 is 59.0 Å². The smallest absolute Gasteiger partial charge is 0.311 e. The number of nitrogens with zero attached hydrogens (tertiary/aromatic N) is 4. The molecule has 0 aromatic heterocycles. The predicted molar refractivity (Wildman–Crippen MR) is 266 cm³/mol. The van der Waals surface area contributed by atoms with Gasteiger partial charge in [0.25, 0.3) is 5.91 Å². The van der Waals surface area contributed by atoms with E-state index in [0.29, 0.717) is 17.7 Å². The number of Topliss-reactive ketones (excluding diaryl/α,β-unsaturated/α-hetero) is 1. The fourth-order valence-corrected chi connectivity index (χ4v) is 8.40. The summed E-state index contributed by atoms with van der Waals surface area (Å²) in [4.78, 5) is 145. The number of rotatable bonds is 9. The third-order valence-corrected chi connectivity index (χ3v) is 13.7. The maximum absolute atomic E-state index is 14.6. The van der Waals surface area contributed by atoms with Crippen LogP contribution in [0.1, 0.15) is 108 Å². The van der Waals surface area contributed by atoms with Crippen molar-refractivity contribution < 1.29 is 57.4 Å². The van der Waals surface area contributed by atoms with Gasteiger partial charge in [-0.25, -0.2) is 0 Å². The number of carbonyl (C=O) groups is 10. The molecular weight excluding hydrogens is 917 g/mol. The second-order valence-electron chi connectivity index (χ2n) is 20.2. The molecule has 20 heteroatoms. The number of methoxy groups -OCH3 is 1. The van der Waals surface area contributed by atoms with Crippen LogP contribution in [-0.4, -0.2) is 169 Å². The number of hydrogen-bond donors (Lipinski definition) is 4. The van der Waals surface area contributed by atoms with Crippen molar-refractivity contribution in [1.82, 2.24) is 40.9 Å². The first-order valence-electron chi connectivity index (χ1n) is 24.6. The normalized spacial score (nSPS) is 26.7. The van der Waals surface area contributed by atoms with Gasteiger partial charge < -0.3 is 50.3 Å². The van der Waals surface area contributed by atoms with Gasteiger partial charge in [0.15, 0.2) is 11.9 Å². The molecular formula is C51H82N8O12. The Hall–Kier alpha value is -6.08. The molecule has 398 valence electrons. The molecule has 1 aromatic rings. The number of ketones is 1. The lowest BCUT2D eigenvalue weighted by Crippen LogP contribution is -2.60. The van der Waals surface area contributed by atoms with E-state index in [-0.39, 0.29) is 25.2 Å². The molecule has 2 rings (SSSR count). The molecule has 8 amide bonds. The lowest BCUT2D eigenvalue weighted by atomic mass is 9.82. The fraction of sp³-hybridized carbons (Fsp3) is 0.686. The van der Waals surface area contributed by atoms with Crippen molar-refractivity contribution in [3.8, 4) is 5.75 Å². The average Bonchev–Trinajstić information content (AvgIpc) is 3.33. The van der Waals surface area contributed by atoms with Gasteiger partial charge in [0.1, 0.15) is 35.3 Å². The fourth-order valence-electron chi connectivity index (χ4n) is 8.40. The SMILES string of the molecule is CC[C@@H]1NC(=O)[C@H](C)N(C)C(=O)C(C)(C)C(=O)[C@H](C)NC(=O)[C@@H](Cc2ccc(OC)cc2)N(C)C(=O)[C@H](C(C)C)N(C)C(=O)CNC(=O)[C@H](CC(C)C)N(C)C(=O)CNC(=O)[C@H]([C@@H](C)CC)OC(=O)[C@@H]1C. The Morgan fingerprint density at radius 1 is 0.704 bits per heavy atom. The van der Waals surface area contributed by atoms with Crippen LogP contribution in [0.4, 0.5) is 0 Å². The Labute approximate surface area is 420 Å². The summed E-state index contributed by atoms with van der Waals surface area (Å²) in [5.41, 5.74) is -1.15. The van der Waals surface area contributed by atoms with Gasteiger partial charge in [-0.05, 0) is 83.4 Å². The zero-order chi connectivity index (χ0) is 54.4. The van der Waals surface area contributed by atoms with Gasteiger partial charge in [0.2, 0.25) is 41.4 Å². The van der Waals surface area contributed by atoms with E-state index in [9.17, 15) is 47.9 Å². The number of hydrogen-bond acceptors (Lipinski definition) is 12. The average molecular weight is 999 g/mol. The van der Waals surface area contributed by atoms with E-state index < -0.39 is 138 Å². The van der Waals surface area contributed by atoms with Gasteiger partial charge in [-0.15, -0.1) is 0 Å². The minimum absolute atomic E-state index is 0.0319. The Bertz CT molecular complexity index is 2080. The lowest BCUT2D eigenvalue weighted by Gasteiger charge is -2.37. The molecule has 1 saturated heterocycles. The van der Waals surface area contributed by atoms with Crippen LogP contribution in [0.3, 0.4) is 0 Å². The van der Waals surface area contributed by atoms with Crippen LogP contribution in [-0.2, 0) is 59.1 Å². The van der Waals surface area contributed by atoms with Gasteiger partial charge in [-0.1, -0.05) is 60.6 Å². The van der Waals surface area contributed by atoms with Crippen molar-refractivity contribution in [3.05, 3.63) is 29.8 Å². The van der Waals surface area contributed by atoms with Crippen LogP contribution in [0.2, 0.25) is 0 Å². The molecule has 1 aromatic carbocycles. The number of carbonyl (C=O) groups excluding carboxylic acids is 10. The standard InChI is InChI=1S/C51H82N8O12/c1-18-30(7)42-47(66)53-26-39(60)57(14)37(24-28(3)4)45(64)52-27-40(61)59(16)41(29(5)6)48(67)58(15)38(25-34-20-22-35(70-17)23-21-34)46(65)54-32(9)43(62)51(11,12)50(69)56(13)33(10)44(63)55-36(19-2)31(8)49(68)71-42/h20-23,28-33,36-38,41-42H,18-19,24-27H2,1-17H3,(H,52,64)(H,53,66)(H,54,65)(H,55,63)/t30-,31+,32-,33-,36-,37-,38+,41-,42-/m0/s1. The van der Waals surface area contributed by atoms with Gasteiger partial charge in [-0.3, -0.25) is 47.9 Å². The third-order valence-electron chi connectivity index (χ3n) is 13.7. The first kappa shape index (κ1) is 61.0. The van der Waals surface area contributed by atoms with E-state index in [1.54, 1.807) is 58.9 Å². The number of ether oxygens (including phenoxy) is 2. The van der Waals surface area contributed by atoms with Crippen LogP contribution in [0.25, 0.3) is 0 Å². The lowest BCUT2D eigenvalue weighted by molar-refractivity contribution is -0.164. The van der Waals surface area contributed by atoms with Gasteiger partial charge in [-0.2, -0.15) is 0 Å². The monoisotopic (exact) mass is 999 g/mol. The van der Waals surface area contributed by atoms with E-state index in [4.69, 9.17) is 9.47 Å². The van der Waals surface area contributed by atoms with Crippen molar-refractivity contribution in [3.63, 3.8) is 0 Å². The highest BCUT2D eigenvalue weighted by atomic mass is 16.5. The zero-order valence-corrected chi connectivity index (χ0v) is 45.1. The molecule has 0 aliphatic carbocycles. The molecule has 4 N–H and O–H groups in total. The van der Waals surface area contributed by atoms with Crippen molar-refractivity contribution in [2.45, 2.75) is 151 Å².